The molecule has 418 valence electrons. The van der Waals surface area contributed by atoms with Crippen molar-refractivity contribution in [2.24, 2.45) is 0 Å². The molecule has 0 bridgehead atoms. The van der Waals surface area contributed by atoms with Crippen molar-refractivity contribution in [3.05, 3.63) is 194 Å². The van der Waals surface area contributed by atoms with Gasteiger partial charge in [-0.3, -0.25) is 4.79 Å². The Kier molecular flexibility index (Phi) is 17.8. The predicted octanol–water partition coefficient (Wildman–Crippen LogP) is 12.7. The number of hydrogen-bond donors (Lipinski definition) is 3. The number of aromatic nitrogens is 3. The van der Waals surface area contributed by atoms with Gasteiger partial charge in [-0.15, -0.1) is 0 Å². The molecule has 5 N–H and O–H groups in total. The van der Waals surface area contributed by atoms with Gasteiger partial charge in [0.25, 0.3) is 5.91 Å². The number of pyridine rings is 3. The standard InChI is InChI=1S/C21H16F2N2O2.C14H14N2O.C11H17BN2O2.C9H9BrO.C9H10O/c1-12-9-18-13(7-8-27-18)10-15(12)14-5-6-19(24-11-14)25-21(26)20-16(22)3-2-4-17(20)23;1-9-6-13-10(4-5-17-13)7-12(9)11-2-3-14(15)16-8-11;1-10(2)11(3,4)16-12(15-10)8-5-6-9(13)14-7-8;1-6-4-9-7(2-3-11-9)5-8(6)10;1-7-2-3-8-4-5-10-9(8)6-7/h2-6,9-11H,7-8H2,1H3,(H,24,25,26);2-3,6-8H,4-5H2,1H3,(H2,15,16);5-7H,1-4H3,(H2,13,14);4-5H,2-3H2,1H3;2-3,6H,4-5H2,1H3. The van der Waals surface area contributed by atoms with Crippen molar-refractivity contribution < 1.29 is 41.8 Å². The molecule has 17 heteroatoms. The van der Waals surface area contributed by atoms with Crippen molar-refractivity contribution in [2.45, 2.75) is 92.3 Å². The first-order chi connectivity index (χ1) is 38.7. The van der Waals surface area contributed by atoms with Crippen LogP contribution in [0.5, 0.6) is 23.0 Å². The minimum Gasteiger partial charge on any atom is -0.493 e. The second-order valence-corrected chi connectivity index (χ2v) is 22.2. The Morgan fingerprint density at radius 1 is 0.556 bits per heavy atom. The molecule has 8 heterocycles. The highest BCUT2D eigenvalue weighted by Gasteiger charge is 2.51. The normalized spacial score (nSPS) is 15.1. The molecule has 1 saturated heterocycles. The van der Waals surface area contributed by atoms with Crippen LogP contribution in [0, 0.1) is 39.3 Å². The van der Waals surface area contributed by atoms with Crippen LogP contribution in [0.25, 0.3) is 22.3 Å². The molecule has 5 aromatic carbocycles. The zero-order chi connectivity index (χ0) is 57.6. The maximum Gasteiger partial charge on any atom is 0.496 e. The number of ether oxygens (including phenoxy) is 4. The maximum absolute atomic E-state index is 13.7. The lowest BCUT2D eigenvalue weighted by molar-refractivity contribution is 0.00578. The molecular weight excluding hydrogens is 1090 g/mol. The van der Waals surface area contributed by atoms with E-state index in [0.29, 0.717) is 18.2 Å². The number of halogens is 3. The molecule has 13 rings (SSSR count). The molecule has 81 heavy (non-hydrogen) atoms. The molecule has 3 aromatic heterocycles. The molecule has 0 unspecified atom stereocenters. The maximum atomic E-state index is 13.7. The minimum absolute atomic E-state index is 0.216. The molecule has 8 aromatic rings. The van der Waals surface area contributed by atoms with Gasteiger partial charge >= 0.3 is 7.12 Å². The van der Waals surface area contributed by atoms with Crippen molar-refractivity contribution in [1.29, 1.82) is 0 Å². The van der Waals surface area contributed by atoms with E-state index in [2.05, 4.69) is 106 Å². The summed E-state index contributed by atoms with van der Waals surface area (Å²) in [6.45, 7) is 19.5. The minimum atomic E-state index is -0.917. The number of anilines is 3. The van der Waals surface area contributed by atoms with Crippen molar-refractivity contribution in [2.75, 3.05) is 43.2 Å². The van der Waals surface area contributed by atoms with Crippen LogP contribution >= 0.6 is 15.9 Å². The Labute approximate surface area is 481 Å². The summed E-state index contributed by atoms with van der Waals surface area (Å²) < 4.78 is 62.3. The van der Waals surface area contributed by atoms with E-state index >= 15 is 0 Å². The third kappa shape index (κ3) is 13.8. The molecule has 5 aliphatic rings. The fourth-order valence-electron chi connectivity index (χ4n) is 9.47. The van der Waals surface area contributed by atoms with Crippen LogP contribution < -0.4 is 41.2 Å². The number of nitrogens with two attached hydrogens (primary N) is 2. The van der Waals surface area contributed by atoms with Crippen LogP contribution in [0.2, 0.25) is 0 Å². The third-order valence-electron chi connectivity index (χ3n) is 14.8. The summed E-state index contributed by atoms with van der Waals surface area (Å²) >= 11 is 3.49. The Bertz CT molecular complexity index is 3500. The van der Waals surface area contributed by atoms with Crippen molar-refractivity contribution in [1.82, 2.24) is 15.0 Å². The number of rotatable bonds is 5. The van der Waals surface area contributed by atoms with Gasteiger partial charge in [0, 0.05) is 65.3 Å². The quantitative estimate of drug-likeness (QED) is 0.139. The number of aryl methyl sites for hydroxylation is 4. The van der Waals surface area contributed by atoms with Crippen molar-refractivity contribution in [3.63, 3.8) is 0 Å². The second kappa shape index (κ2) is 24.9. The number of nitrogen functional groups attached to an aromatic ring is 2. The van der Waals surface area contributed by atoms with E-state index in [1.807, 2.05) is 71.1 Å². The average Bonchev–Trinajstić information content (AvgIpc) is 4.51. The smallest absolute Gasteiger partial charge is 0.493 e. The molecule has 1 fully saturated rings. The van der Waals surface area contributed by atoms with Gasteiger partial charge < -0.3 is 45.0 Å². The lowest BCUT2D eigenvalue weighted by atomic mass is 9.80. The number of carbonyl (C=O) groups is 1. The second-order valence-electron chi connectivity index (χ2n) is 21.3. The van der Waals surface area contributed by atoms with Crippen molar-refractivity contribution in [3.8, 4) is 45.3 Å². The van der Waals surface area contributed by atoms with Gasteiger partial charge in [-0.1, -0.05) is 40.2 Å². The van der Waals surface area contributed by atoms with E-state index in [4.69, 9.17) is 39.7 Å². The molecule has 0 spiro atoms. The van der Waals surface area contributed by atoms with Crippen LogP contribution in [0.15, 0.2) is 132 Å². The SMILES string of the molecule is CC1(C)OB(c2ccc(N)nc2)OC1(C)C.Cc1cc2c(cc1-c1ccc(N)nc1)CCO2.Cc1cc2c(cc1-c1ccc(NC(=O)c3c(F)cccc3F)nc1)CCO2.Cc1cc2c(cc1Br)CCO2.Cc1ccc2c(c1)OCC2. The first-order valence-electron chi connectivity index (χ1n) is 26.9. The summed E-state index contributed by atoms with van der Waals surface area (Å²) in [4.78, 5) is 24.5. The van der Waals surface area contributed by atoms with Gasteiger partial charge in [0.1, 0.15) is 57.6 Å². The lowest BCUT2D eigenvalue weighted by Gasteiger charge is -2.32. The fourth-order valence-corrected chi connectivity index (χ4v) is 9.86. The van der Waals surface area contributed by atoms with E-state index in [0.717, 1.165) is 114 Å². The number of carbonyl (C=O) groups excluding carboxylic acids is 1. The van der Waals surface area contributed by atoms with Crippen LogP contribution in [0.4, 0.5) is 26.2 Å². The Balaban J connectivity index is 0.000000128. The molecular formula is C64H66BBrF2N6O7. The molecule has 0 radical (unpaired) electrons. The van der Waals surface area contributed by atoms with Crippen LogP contribution in [-0.2, 0) is 35.0 Å². The molecule has 0 saturated carbocycles. The number of benzene rings is 5. The fraction of sp³-hybridized carbons (Fsp3) is 0.281. The van der Waals surface area contributed by atoms with E-state index < -0.39 is 23.1 Å². The number of nitrogens with one attached hydrogen (secondary N) is 1. The molecule has 1 amide bonds. The first kappa shape index (κ1) is 57.8. The summed E-state index contributed by atoms with van der Waals surface area (Å²) in [5.41, 5.74) is 24.9. The summed E-state index contributed by atoms with van der Waals surface area (Å²) in [6.07, 6.45) is 9.13. The number of nitrogens with zero attached hydrogens (tertiary/aromatic N) is 3. The van der Waals surface area contributed by atoms with Crippen LogP contribution in [-0.4, -0.2) is 65.6 Å². The van der Waals surface area contributed by atoms with Gasteiger partial charge in [-0.25, -0.2) is 23.7 Å². The number of amides is 1. The predicted molar refractivity (Wildman–Crippen MR) is 319 cm³/mol. The van der Waals surface area contributed by atoms with Crippen LogP contribution in [0.3, 0.4) is 0 Å². The van der Waals surface area contributed by atoms with Crippen molar-refractivity contribution >= 4 is 51.9 Å². The van der Waals surface area contributed by atoms with E-state index in [1.165, 1.54) is 49.5 Å². The lowest BCUT2D eigenvalue weighted by Crippen LogP contribution is -2.41. The topological polar surface area (TPSA) is 175 Å². The molecule has 0 aliphatic carbocycles. The molecule has 0 atom stereocenters. The average molecular weight is 1160 g/mol. The highest BCUT2D eigenvalue weighted by Crippen LogP contribution is 2.38. The van der Waals surface area contributed by atoms with Gasteiger partial charge in [0.15, 0.2) is 0 Å². The van der Waals surface area contributed by atoms with E-state index in [1.54, 1.807) is 24.5 Å². The zero-order valence-electron chi connectivity index (χ0n) is 46.8. The summed E-state index contributed by atoms with van der Waals surface area (Å²) in [6, 6.07) is 33.2. The van der Waals surface area contributed by atoms with Crippen LogP contribution in [0.1, 0.15) is 82.6 Å². The monoisotopic (exact) mass is 1160 g/mol. The Morgan fingerprint density at radius 2 is 1.02 bits per heavy atom. The summed E-state index contributed by atoms with van der Waals surface area (Å²) in [5.74, 6) is 2.64. The van der Waals surface area contributed by atoms with E-state index in [-0.39, 0.29) is 24.1 Å². The molecule has 5 aliphatic heterocycles. The highest BCUT2D eigenvalue weighted by atomic mass is 79.9. The highest BCUT2D eigenvalue weighted by molar-refractivity contribution is 9.10. The van der Waals surface area contributed by atoms with Gasteiger partial charge in [0.2, 0.25) is 0 Å². The van der Waals surface area contributed by atoms with Gasteiger partial charge in [0.05, 0.1) is 37.6 Å². The van der Waals surface area contributed by atoms with Gasteiger partial charge in [-0.05, 0) is 196 Å². The Hall–Kier alpha value is -7.86. The number of fused-ring (bicyclic) bond motifs is 4. The molecule has 13 nitrogen and oxygen atoms in total. The first-order valence-corrected chi connectivity index (χ1v) is 27.7. The summed E-state index contributed by atoms with van der Waals surface area (Å²) in [7, 11) is -0.363. The third-order valence-corrected chi connectivity index (χ3v) is 15.7. The Morgan fingerprint density at radius 3 is 1.52 bits per heavy atom. The van der Waals surface area contributed by atoms with E-state index in [9.17, 15) is 13.6 Å². The van der Waals surface area contributed by atoms with Gasteiger partial charge in [-0.2, -0.15) is 0 Å². The number of hydrogen-bond acceptors (Lipinski definition) is 12. The zero-order valence-corrected chi connectivity index (χ0v) is 48.4. The largest absolute Gasteiger partial charge is 0.496 e. The summed E-state index contributed by atoms with van der Waals surface area (Å²) in [5, 5.41) is 2.42.